The zero-order valence-electron chi connectivity index (χ0n) is 16.7. The van der Waals surface area contributed by atoms with Crippen LogP contribution in [-0.4, -0.2) is 55.5 Å². The van der Waals surface area contributed by atoms with Crippen molar-refractivity contribution in [3.8, 4) is 5.75 Å². The highest BCUT2D eigenvalue weighted by molar-refractivity contribution is 5.88. The molecule has 4 N–H and O–H groups in total. The Hall–Kier alpha value is -2.77. The Morgan fingerprint density at radius 1 is 1.39 bits per heavy atom. The molecule has 0 aromatic heterocycles. The first-order valence-corrected chi connectivity index (χ1v) is 9.80. The van der Waals surface area contributed by atoms with E-state index in [0.717, 1.165) is 38.4 Å². The van der Waals surface area contributed by atoms with Crippen molar-refractivity contribution in [2.75, 3.05) is 38.1 Å². The summed E-state index contributed by atoms with van der Waals surface area (Å²) < 4.78 is 5.75. The minimum atomic E-state index is -0.247. The summed E-state index contributed by atoms with van der Waals surface area (Å²) in [4.78, 5) is 29.2. The Kier molecular flexibility index (Phi) is 8.58. The van der Waals surface area contributed by atoms with Crippen LogP contribution >= 0.6 is 0 Å². The molecule has 1 fully saturated rings. The number of hydrogen-bond acceptors (Lipinski definition) is 4. The van der Waals surface area contributed by atoms with Crippen molar-refractivity contribution >= 4 is 23.5 Å². The lowest BCUT2D eigenvalue weighted by molar-refractivity contribution is -0.119. The van der Waals surface area contributed by atoms with Crippen LogP contribution in [0.1, 0.15) is 33.1 Å². The molecular weight excluding hydrogens is 358 g/mol. The van der Waals surface area contributed by atoms with Crippen molar-refractivity contribution < 1.29 is 14.3 Å². The minimum Gasteiger partial charge on any atom is -0.492 e. The number of anilines is 1. The minimum absolute atomic E-state index is 0.117. The standard InChI is InChI=1S/C20H31N5O3/c1-3-22-20(25-10-5-6-16(14-25)12-19(21)27)23-9-11-28-18-8-4-7-17(13-18)24-15(2)26/h4,7-8,13,16H,3,5-6,9-12,14H2,1-2H3,(H2,21,27)(H,22,23)(H,24,26). The zero-order valence-corrected chi connectivity index (χ0v) is 16.7. The molecule has 1 aromatic carbocycles. The van der Waals surface area contributed by atoms with Crippen LogP contribution in [0.25, 0.3) is 0 Å². The van der Waals surface area contributed by atoms with Gasteiger partial charge in [-0.2, -0.15) is 0 Å². The number of amides is 2. The van der Waals surface area contributed by atoms with Gasteiger partial charge < -0.3 is 26.0 Å². The summed E-state index contributed by atoms with van der Waals surface area (Å²) in [5.41, 5.74) is 6.06. The molecule has 1 aliphatic heterocycles. The van der Waals surface area contributed by atoms with Gasteiger partial charge in [0.25, 0.3) is 0 Å². The van der Waals surface area contributed by atoms with Crippen LogP contribution in [0.3, 0.4) is 0 Å². The second-order valence-electron chi connectivity index (χ2n) is 6.92. The second-order valence-corrected chi connectivity index (χ2v) is 6.92. The van der Waals surface area contributed by atoms with Gasteiger partial charge in [0.1, 0.15) is 12.4 Å². The van der Waals surface area contributed by atoms with Gasteiger partial charge in [-0.1, -0.05) is 6.07 Å². The average Bonchev–Trinajstić information content (AvgIpc) is 2.64. The van der Waals surface area contributed by atoms with E-state index in [1.807, 2.05) is 25.1 Å². The van der Waals surface area contributed by atoms with Crippen molar-refractivity contribution in [2.24, 2.45) is 16.6 Å². The van der Waals surface area contributed by atoms with E-state index in [1.165, 1.54) is 6.92 Å². The molecule has 0 saturated carbocycles. The van der Waals surface area contributed by atoms with Crippen molar-refractivity contribution in [1.29, 1.82) is 0 Å². The number of guanidine groups is 1. The second kappa shape index (κ2) is 11.2. The molecule has 1 aromatic rings. The molecule has 1 aliphatic rings. The highest BCUT2D eigenvalue weighted by Crippen LogP contribution is 2.20. The Labute approximate surface area is 166 Å². The first-order chi connectivity index (χ1) is 13.5. The van der Waals surface area contributed by atoms with Gasteiger partial charge in [0.05, 0.1) is 6.54 Å². The molecule has 28 heavy (non-hydrogen) atoms. The smallest absolute Gasteiger partial charge is 0.221 e. The van der Waals surface area contributed by atoms with Gasteiger partial charge in [0, 0.05) is 44.7 Å². The molecule has 8 nitrogen and oxygen atoms in total. The summed E-state index contributed by atoms with van der Waals surface area (Å²) in [6.07, 6.45) is 2.46. The summed E-state index contributed by atoms with van der Waals surface area (Å²) in [6.45, 7) is 6.91. The SMILES string of the molecule is CCNC(=NCCOc1cccc(NC(C)=O)c1)N1CCCC(CC(N)=O)C1. The number of nitrogens with one attached hydrogen (secondary N) is 2. The molecule has 0 spiro atoms. The fourth-order valence-corrected chi connectivity index (χ4v) is 3.32. The average molecular weight is 390 g/mol. The van der Waals surface area contributed by atoms with Crippen molar-refractivity contribution in [3.05, 3.63) is 24.3 Å². The van der Waals surface area contributed by atoms with Crippen LogP contribution in [-0.2, 0) is 9.59 Å². The Morgan fingerprint density at radius 2 is 2.21 bits per heavy atom. The molecule has 1 atom stereocenters. The number of primary amides is 1. The van der Waals surface area contributed by atoms with Crippen molar-refractivity contribution in [2.45, 2.75) is 33.1 Å². The van der Waals surface area contributed by atoms with E-state index in [9.17, 15) is 9.59 Å². The predicted octanol–water partition coefficient (Wildman–Crippen LogP) is 1.58. The van der Waals surface area contributed by atoms with E-state index in [2.05, 4.69) is 20.5 Å². The first-order valence-electron chi connectivity index (χ1n) is 9.80. The third kappa shape index (κ3) is 7.46. The summed E-state index contributed by atoms with van der Waals surface area (Å²) in [5, 5.41) is 6.05. The highest BCUT2D eigenvalue weighted by atomic mass is 16.5. The van der Waals surface area contributed by atoms with Crippen LogP contribution in [0.4, 0.5) is 5.69 Å². The Bertz CT molecular complexity index is 692. The monoisotopic (exact) mass is 389 g/mol. The van der Waals surface area contributed by atoms with Crippen molar-refractivity contribution in [3.63, 3.8) is 0 Å². The normalized spacial score (nSPS) is 17.1. The number of aliphatic imine (C=N–C) groups is 1. The molecule has 2 rings (SSSR count). The van der Waals surface area contributed by atoms with Gasteiger partial charge in [-0.3, -0.25) is 9.59 Å². The molecule has 154 valence electrons. The summed E-state index contributed by atoms with van der Waals surface area (Å²) in [5.74, 6) is 1.44. The molecule has 1 unspecified atom stereocenters. The molecular formula is C20H31N5O3. The zero-order chi connectivity index (χ0) is 20.4. The number of carbonyl (C=O) groups excluding carboxylic acids is 2. The maximum absolute atomic E-state index is 11.2. The van der Waals surface area contributed by atoms with Gasteiger partial charge in [0.2, 0.25) is 11.8 Å². The summed E-state index contributed by atoms with van der Waals surface area (Å²) in [7, 11) is 0. The van der Waals surface area contributed by atoms with Gasteiger partial charge in [0.15, 0.2) is 5.96 Å². The molecule has 1 saturated heterocycles. The largest absolute Gasteiger partial charge is 0.492 e. The number of ether oxygens (including phenoxy) is 1. The molecule has 8 heteroatoms. The summed E-state index contributed by atoms with van der Waals surface area (Å²) >= 11 is 0. The predicted molar refractivity (Wildman–Crippen MR) is 110 cm³/mol. The van der Waals surface area contributed by atoms with E-state index >= 15 is 0 Å². The Morgan fingerprint density at radius 3 is 2.93 bits per heavy atom. The van der Waals surface area contributed by atoms with E-state index < -0.39 is 0 Å². The topological polar surface area (TPSA) is 109 Å². The lowest BCUT2D eigenvalue weighted by atomic mass is 9.95. The van der Waals surface area contributed by atoms with Crippen LogP contribution in [0.5, 0.6) is 5.75 Å². The number of nitrogens with two attached hydrogens (primary N) is 1. The number of rotatable bonds is 8. The molecule has 0 radical (unpaired) electrons. The lowest BCUT2D eigenvalue weighted by Gasteiger charge is -2.34. The van der Waals surface area contributed by atoms with Gasteiger partial charge in [-0.25, -0.2) is 4.99 Å². The molecule has 0 aliphatic carbocycles. The number of carbonyl (C=O) groups is 2. The molecule has 1 heterocycles. The van der Waals surface area contributed by atoms with E-state index in [4.69, 9.17) is 10.5 Å². The van der Waals surface area contributed by atoms with Gasteiger partial charge >= 0.3 is 0 Å². The van der Waals surface area contributed by atoms with Crippen molar-refractivity contribution in [1.82, 2.24) is 10.2 Å². The van der Waals surface area contributed by atoms with Crippen LogP contribution in [0, 0.1) is 5.92 Å². The van der Waals surface area contributed by atoms with Crippen LogP contribution < -0.4 is 21.1 Å². The molecule has 2 amide bonds. The Balaban J connectivity index is 1.88. The highest BCUT2D eigenvalue weighted by Gasteiger charge is 2.23. The fraction of sp³-hybridized carbons (Fsp3) is 0.550. The quantitative estimate of drug-likeness (QED) is 0.355. The first kappa shape index (κ1) is 21.5. The number of hydrogen-bond donors (Lipinski definition) is 3. The third-order valence-electron chi connectivity index (χ3n) is 4.42. The molecule has 0 bridgehead atoms. The van der Waals surface area contributed by atoms with E-state index in [-0.39, 0.29) is 17.7 Å². The number of piperidine rings is 1. The van der Waals surface area contributed by atoms with Gasteiger partial charge in [-0.15, -0.1) is 0 Å². The third-order valence-corrected chi connectivity index (χ3v) is 4.42. The maximum Gasteiger partial charge on any atom is 0.221 e. The fourth-order valence-electron chi connectivity index (χ4n) is 3.32. The number of benzene rings is 1. The number of likely N-dealkylation sites (tertiary alicyclic amines) is 1. The van der Waals surface area contributed by atoms with Crippen LogP contribution in [0.15, 0.2) is 29.3 Å². The van der Waals surface area contributed by atoms with E-state index in [1.54, 1.807) is 6.07 Å². The summed E-state index contributed by atoms with van der Waals surface area (Å²) in [6, 6.07) is 7.28. The van der Waals surface area contributed by atoms with Crippen LogP contribution in [0.2, 0.25) is 0 Å². The number of nitrogens with zero attached hydrogens (tertiary/aromatic N) is 2. The van der Waals surface area contributed by atoms with E-state index in [0.29, 0.717) is 31.0 Å². The van der Waals surface area contributed by atoms with Gasteiger partial charge in [-0.05, 0) is 37.8 Å². The lowest BCUT2D eigenvalue weighted by Crippen LogP contribution is -2.47. The maximum atomic E-state index is 11.2.